The first kappa shape index (κ1) is 74.7. The van der Waals surface area contributed by atoms with Crippen molar-refractivity contribution in [1.29, 1.82) is 0 Å². The molecule has 1 unspecified atom stereocenters. The summed E-state index contributed by atoms with van der Waals surface area (Å²) in [5.74, 6) is -2.00. The minimum Gasteiger partial charge on any atom is -0.444 e. The number of carbonyl (C=O) groups excluding carboxylic acids is 8. The van der Waals surface area contributed by atoms with Crippen molar-refractivity contribution in [2.24, 2.45) is 14.1 Å². The molecule has 8 amide bonds. The number of anilines is 3. The summed E-state index contributed by atoms with van der Waals surface area (Å²) in [6.45, 7) is 15.7. The number of ether oxygens (including phenoxy) is 9. The molecule has 0 aliphatic carbocycles. The molecule has 2 aromatic carbocycles. The number of hydrogen-bond acceptors (Lipinski definition) is 20. The number of imidazole rings is 2. The molecule has 2 aromatic heterocycles. The van der Waals surface area contributed by atoms with Crippen molar-refractivity contribution in [2.45, 2.75) is 84.4 Å². The number of aryl methyl sites for hydroxylation is 3. The lowest BCUT2D eigenvalue weighted by molar-refractivity contribution is -0.125. The van der Waals surface area contributed by atoms with Crippen molar-refractivity contribution in [3.63, 3.8) is 0 Å². The van der Waals surface area contributed by atoms with Gasteiger partial charge in [-0.25, -0.2) is 14.8 Å². The summed E-state index contributed by atoms with van der Waals surface area (Å²) in [7, 11) is 4.89. The second kappa shape index (κ2) is 39.4. The van der Waals surface area contributed by atoms with Gasteiger partial charge >= 0.3 is 6.09 Å². The third kappa shape index (κ3) is 26.2. The Morgan fingerprint density at radius 1 is 0.543 bits per heavy atom. The molecule has 0 fully saturated rings. The summed E-state index contributed by atoms with van der Waals surface area (Å²) in [5.41, 5.74) is 4.54. The molecule has 0 saturated carbocycles. The fourth-order valence-electron chi connectivity index (χ4n) is 9.72. The highest BCUT2D eigenvalue weighted by atomic mass is 16.6. The van der Waals surface area contributed by atoms with Crippen molar-refractivity contribution in [2.75, 3.05) is 154 Å². The van der Waals surface area contributed by atoms with Crippen molar-refractivity contribution >= 4 is 64.8 Å². The van der Waals surface area contributed by atoms with E-state index < -0.39 is 41.4 Å². The normalized spacial score (nSPS) is 14.4. The molecule has 2 aliphatic heterocycles. The molecule has 0 radical (unpaired) electrons. The summed E-state index contributed by atoms with van der Waals surface area (Å²) < 4.78 is 52.5. The number of nitrogens with zero attached hydrogens (tertiary/aromatic N) is 6. The highest BCUT2D eigenvalue weighted by molar-refractivity contribution is 5.97. The maximum absolute atomic E-state index is 13.1. The Kier molecular flexibility index (Phi) is 31.3. The van der Waals surface area contributed by atoms with Gasteiger partial charge in [0.2, 0.25) is 35.3 Å². The molecule has 30 nitrogen and oxygen atoms in total. The molecular formula is C64H93N13O17. The molecule has 4 heterocycles. The topological polar surface area (TPSA) is 346 Å². The standard InChI is InChI=1S/C64H93N13O17/c1-44-9-10-49-39-48(15-16-51(49)77(44)45(2)78)46-11-13-47(14-12-46)59(81)66-21-23-86-25-27-88-29-31-90-33-35-92-37-38-93-36-34-91-32-30-89-28-26-87-24-22-67-61(83)57-72-53(42-75(57)7)70-55(79)17-19-65-60(82)52-40-50(41-74(52)6)69-62(84)58-73-54(43-76(58)8)71-56(80)18-20-68-63(85)94-64(3,4)5/h11-16,39,41-44,52H,9-10,17-38,40H2,1-8H3,(H,65,82)(H,66,81)(H,67,83)(H,68,85)(H,69,84)(H,70,79)(H,71,80)/t44-,52?/m0/s1. The predicted molar refractivity (Wildman–Crippen MR) is 346 cm³/mol. The number of amides is 8. The molecule has 2 aliphatic rings. The minimum absolute atomic E-state index is 0.00849. The molecule has 6 rings (SSSR count). The Labute approximate surface area is 548 Å². The Bertz CT molecular complexity index is 3150. The lowest BCUT2D eigenvalue weighted by Gasteiger charge is -2.34. The first-order valence-electron chi connectivity index (χ1n) is 31.5. The van der Waals surface area contributed by atoms with Gasteiger partial charge < -0.3 is 98.8 Å². The number of carbonyl (C=O) groups is 8. The highest BCUT2D eigenvalue weighted by Gasteiger charge is 2.31. The van der Waals surface area contributed by atoms with Gasteiger partial charge in [-0.3, -0.25) is 33.6 Å². The predicted octanol–water partition coefficient (Wildman–Crippen LogP) is 3.07. The van der Waals surface area contributed by atoms with Crippen LogP contribution in [0.1, 0.15) is 97.5 Å². The number of likely N-dealkylation sites (N-methyl/N-ethyl adjacent to an activating group) is 1. The van der Waals surface area contributed by atoms with Crippen LogP contribution in [0, 0.1) is 0 Å². The smallest absolute Gasteiger partial charge is 0.407 e. The monoisotopic (exact) mass is 1320 g/mol. The van der Waals surface area contributed by atoms with E-state index in [0.717, 1.165) is 35.2 Å². The lowest BCUT2D eigenvalue weighted by Crippen LogP contribution is -2.42. The van der Waals surface area contributed by atoms with Gasteiger partial charge in [0.15, 0.2) is 11.6 Å². The summed E-state index contributed by atoms with van der Waals surface area (Å²) in [6, 6.07) is 13.2. The maximum Gasteiger partial charge on any atom is 0.407 e. The van der Waals surface area contributed by atoms with Crippen LogP contribution in [0.4, 0.5) is 22.1 Å². The third-order valence-corrected chi connectivity index (χ3v) is 14.3. The molecule has 0 spiro atoms. The molecule has 30 heteroatoms. The van der Waals surface area contributed by atoms with Crippen molar-refractivity contribution in [1.82, 2.24) is 50.6 Å². The molecule has 94 heavy (non-hydrogen) atoms. The molecule has 2 atom stereocenters. The third-order valence-electron chi connectivity index (χ3n) is 14.3. The van der Waals surface area contributed by atoms with Crippen LogP contribution in [-0.4, -0.2) is 228 Å². The van der Waals surface area contributed by atoms with E-state index in [1.54, 1.807) is 59.9 Å². The zero-order chi connectivity index (χ0) is 67.8. The number of nitrogens with one attached hydrogen (secondary N) is 7. The average molecular weight is 1320 g/mol. The van der Waals surface area contributed by atoms with Gasteiger partial charge in [0.05, 0.1) is 106 Å². The fraction of sp³-hybridized carbons (Fsp3) is 0.562. The van der Waals surface area contributed by atoms with Crippen LogP contribution in [0.25, 0.3) is 11.1 Å². The zero-order valence-electron chi connectivity index (χ0n) is 55.2. The fourth-order valence-corrected chi connectivity index (χ4v) is 9.72. The van der Waals surface area contributed by atoms with Crippen LogP contribution < -0.4 is 42.1 Å². The van der Waals surface area contributed by atoms with Gasteiger partial charge in [-0.1, -0.05) is 18.2 Å². The van der Waals surface area contributed by atoms with Crippen molar-refractivity contribution < 1.29 is 81.0 Å². The van der Waals surface area contributed by atoms with E-state index in [-0.39, 0.29) is 92.6 Å². The second-order valence-corrected chi connectivity index (χ2v) is 23.0. The quantitative estimate of drug-likeness (QED) is 0.0314. The molecule has 4 aromatic rings. The van der Waals surface area contributed by atoms with Crippen LogP contribution in [0.3, 0.4) is 0 Å². The van der Waals surface area contributed by atoms with E-state index in [0.29, 0.717) is 117 Å². The number of alkyl carbamates (subject to hydrolysis) is 1. The first-order chi connectivity index (χ1) is 45.1. The maximum atomic E-state index is 13.1. The lowest BCUT2D eigenvalue weighted by atomic mass is 9.93. The van der Waals surface area contributed by atoms with Gasteiger partial charge in [-0.05, 0) is 81.5 Å². The molecule has 0 saturated heterocycles. The number of aromatic nitrogens is 4. The first-order valence-corrected chi connectivity index (χ1v) is 31.5. The minimum atomic E-state index is -0.675. The van der Waals surface area contributed by atoms with E-state index in [9.17, 15) is 38.4 Å². The number of hydrogen-bond donors (Lipinski definition) is 7. The number of rotatable bonds is 41. The Balaban J connectivity index is 0.667. The number of fused-ring (bicyclic) bond motifs is 1. The molecule has 0 bridgehead atoms. The van der Waals surface area contributed by atoms with E-state index in [4.69, 9.17) is 42.6 Å². The summed E-state index contributed by atoms with van der Waals surface area (Å²) in [4.78, 5) is 113. The van der Waals surface area contributed by atoms with E-state index in [1.165, 1.54) is 21.5 Å². The van der Waals surface area contributed by atoms with Crippen LogP contribution in [0.5, 0.6) is 0 Å². The van der Waals surface area contributed by atoms with Gasteiger partial charge in [0.25, 0.3) is 17.7 Å². The second-order valence-electron chi connectivity index (χ2n) is 23.0. The summed E-state index contributed by atoms with van der Waals surface area (Å²) in [6.07, 6.45) is 5.83. The van der Waals surface area contributed by atoms with Crippen LogP contribution in [-0.2, 0) is 82.3 Å². The van der Waals surface area contributed by atoms with Crippen LogP contribution in [0.2, 0.25) is 0 Å². The van der Waals surface area contributed by atoms with E-state index in [2.05, 4.69) is 60.2 Å². The van der Waals surface area contributed by atoms with E-state index in [1.807, 2.05) is 41.3 Å². The molecule has 516 valence electrons. The SMILES string of the molecule is CC(=O)N1c2ccc(-c3ccc(C(=O)NCCOCCOCCOCCOCCOCCOCCOCCOCCNC(=O)c4nc(NC(=O)CCNC(=O)C5CC(NC(=O)c6nc(NC(=O)CCNC(=O)OC(C)(C)C)cn6C)=CN5C)cn4C)cc3)cc2CC[C@@H]1C. The van der Waals surface area contributed by atoms with E-state index >= 15 is 0 Å². The van der Waals surface area contributed by atoms with Gasteiger partial charge in [-0.2, -0.15) is 0 Å². The molecular weight excluding hydrogens is 1220 g/mol. The molecule has 7 N–H and O–H groups in total. The summed E-state index contributed by atoms with van der Waals surface area (Å²) in [5, 5.41) is 18.9. The Morgan fingerprint density at radius 3 is 1.49 bits per heavy atom. The average Bonchev–Trinajstić information content (AvgIpc) is 0.841. The Hall–Kier alpha value is -8.36. The van der Waals surface area contributed by atoms with Crippen LogP contribution >= 0.6 is 0 Å². The van der Waals surface area contributed by atoms with Gasteiger partial charge in [0, 0.05) is 115 Å². The van der Waals surface area contributed by atoms with Gasteiger partial charge in [-0.15, -0.1) is 0 Å². The largest absolute Gasteiger partial charge is 0.444 e. The zero-order valence-corrected chi connectivity index (χ0v) is 55.2. The summed E-state index contributed by atoms with van der Waals surface area (Å²) >= 11 is 0. The number of benzene rings is 2. The van der Waals surface area contributed by atoms with Gasteiger partial charge in [0.1, 0.15) is 11.6 Å². The van der Waals surface area contributed by atoms with Crippen LogP contribution in [0.15, 0.2) is 66.8 Å². The highest BCUT2D eigenvalue weighted by Crippen LogP contribution is 2.34. The Morgan fingerprint density at radius 2 is 1.00 bits per heavy atom. The van der Waals surface area contributed by atoms with Crippen molar-refractivity contribution in [3.8, 4) is 11.1 Å². The van der Waals surface area contributed by atoms with Crippen molar-refractivity contribution in [3.05, 3.63) is 89.5 Å².